The van der Waals surface area contributed by atoms with E-state index in [2.05, 4.69) is 12.0 Å². The summed E-state index contributed by atoms with van der Waals surface area (Å²) in [6.45, 7) is 4.64. The smallest absolute Gasteiger partial charge is 0.0576 e. The summed E-state index contributed by atoms with van der Waals surface area (Å²) in [6.07, 6.45) is 7.93. The number of ether oxygens (including phenoxy) is 1. The van der Waals surface area contributed by atoms with Gasteiger partial charge in [0.2, 0.25) is 0 Å². The quantitative estimate of drug-likeness (QED) is 0.372. The molecule has 2 unspecified atom stereocenters. The maximum absolute atomic E-state index is 5.53. The molecular weight excluding hydrogens is 164 g/mol. The predicted octanol–water partition coefficient (Wildman–Crippen LogP) is 1.35. The van der Waals surface area contributed by atoms with Crippen LogP contribution in [0.25, 0.3) is 0 Å². The summed E-state index contributed by atoms with van der Waals surface area (Å²) >= 11 is 0. The molecule has 1 rings (SSSR count). The summed E-state index contributed by atoms with van der Waals surface area (Å²) < 4.78 is 5.53. The molecule has 0 amide bonds. The van der Waals surface area contributed by atoms with Crippen LogP contribution < -0.4 is 11.3 Å². The summed E-state index contributed by atoms with van der Waals surface area (Å²) in [5, 5.41) is 0. The molecule has 3 nitrogen and oxygen atoms in total. The monoisotopic (exact) mass is 184 g/mol. The average molecular weight is 184 g/mol. The topological polar surface area (TPSA) is 47.3 Å². The third-order valence-corrected chi connectivity index (χ3v) is 2.55. The molecule has 13 heavy (non-hydrogen) atoms. The molecule has 0 aliphatic carbocycles. The van der Waals surface area contributed by atoms with Crippen LogP contribution in [0.3, 0.4) is 0 Å². The van der Waals surface area contributed by atoms with E-state index in [1.165, 1.54) is 12.8 Å². The molecule has 76 valence electrons. The van der Waals surface area contributed by atoms with E-state index in [1.807, 2.05) is 6.08 Å². The molecule has 3 N–H and O–H groups in total. The molecule has 1 aliphatic rings. The molecule has 0 radical (unpaired) electrons. The largest absolute Gasteiger partial charge is 0.378 e. The first-order valence-electron chi connectivity index (χ1n) is 5.05. The fourth-order valence-electron chi connectivity index (χ4n) is 1.73. The highest BCUT2D eigenvalue weighted by atomic mass is 16.5. The van der Waals surface area contributed by atoms with Crippen molar-refractivity contribution in [2.24, 2.45) is 5.84 Å². The predicted molar refractivity (Wildman–Crippen MR) is 54.1 cm³/mol. The van der Waals surface area contributed by atoms with Crippen LogP contribution in [0.4, 0.5) is 0 Å². The molecule has 0 aromatic rings. The van der Waals surface area contributed by atoms with Gasteiger partial charge in [-0.2, -0.15) is 0 Å². The normalized spacial score (nSPS) is 24.5. The second-order valence-electron chi connectivity index (χ2n) is 3.60. The van der Waals surface area contributed by atoms with Crippen LogP contribution in [-0.2, 0) is 4.74 Å². The van der Waals surface area contributed by atoms with Gasteiger partial charge in [0.05, 0.1) is 6.10 Å². The van der Waals surface area contributed by atoms with Crippen molar-refractivity contribution < 1.29 is 4.74 Å². The van der Waals surface area contributed by atoms with Crippen LogP contribution in [0.15, 0.2) is 12.7 Å². The Morgan fingerprint density at radius 1 is 1.69 bits per heavy atom. The average Bonchev–Trinajstić information content (AvgIpc) is 2.64. The molecule has 0 aromatic heterocycles. The van der Waals surface area contributed by atoms with Gasteiger partial charge in [-0.15, -0.1) is 6.58 Å². The maximum atomic E-state index is 5.53. The summed E-state index contributed by atoms with van der Waals surface area (Å²) in [7, 11) is 0. The lowest BCUT2D eigenvalue weighted by molar-refractivity contribution is 0.0996. The molecule has 2 atom stereocenters. The van der Waals surface area contributed by atoms with Crippen LogP contribution in [0, 0.1) is 0 Å². The van der Waals surface area contributed by atoms with Gasteiger partial charge in [-0.25, -0.2) is 0 Å². The Labute approximate surface area is 80.3 Å². The second-order valence-corrected chi connectivity index (χ2v) is 3.60. The third-order valence-electron chi connectivity index (χ3n) is 2.55. The highest BCUT2D eigenvalue weighted by Gasteiger charge is 2.16. The number of hydrazine groups is 1. The third kappa shape index (κ3) is 3.89. The van der Waals surface area contributed by atoms with Gasteiger partial charge in [-0.1, -0.05) is 6.08 Å². The van der Waals surface area contributed by atoms with E-state index in [0.29, 0.717) is 12.1 Å². The minimum absolute atomic E-state index is 0.363. The molecule has 1 aliphatic heterocycles. The Bertz CT molecular complexity index is 144. The number of hydrogen-bond acceptors (Lipinski definition) is 3. The number of rotatable bonds is 6. The van der Waals surface area contributed by atoms with Gasteiger partial charge >= 0.3 is 0 Å². The van der Waals surface area contributed by atoms with Crippen molar-refractivity contribution >= 4 is 0 Å². The van der Waals surface area contributed by atoms with E-state index in [4.69, 9.17) is 10.6 Å². The highest BCUT2D eigenvalue weighted by Crippen LogP contribution is 2.18. The zero-order chi connectivity index (χ0) is 9.52. The van der Waals surface area contributed by atoms with Crippen LogP contribution in [-0.4, -0.2) is 18.8 Å². The maximum Gasteiger partial charge on any atom is 0.0576 e. The summed E-state index contributed by atoms with van der Waals surface area (Å²) in [5.74, 6) is 5.40. The van der Waals surface area contributed by atoms with E-state index in [1.54, 1.807) is 0 Å². The zero-order valence-corrected chi connectivity index (χ0v) is 8.17. The van der Waals surface area contributed by atoms with E-state index in [0.717, 1.165) is 25.9 Å². The van der Waals surface area contributed by atoms with Gasteiger partial charge in [-0.05, 0) is 32.1 Å². The first-order chi connectivity index (χ1) is 6.36. The zero-order valence-electron chi connectivity index (χ0n) is 8.17. The second kappa shape index (κ2) is 6.13. The van der Waals surface area contributed by atoms with Crippen molar-refractivity contribution in [1.82, 2.24) is 5.43 Å². The van der Waals surface area contributed by atoms with Crippen LogP contribution in [0.5, 0.6) is 0 Å². The van der Waals surface area contributed by atoms with Gasteiger partial charge in [0.15, 0.2) is 0 Å². The lowest BCUT2D eigenvalue weighted by Gasteiger charge is -2.16. The molecule has 0 bridgehead atoms. The first kappa shape index (κ1) is 10.7. The van der Waals surface area contributed by atoms with Crippen molar-refractivity contribution in [3.8, 4) is 0 Å². The molecule has 0 spiro atoms. The van der Waals surface area contributed by atoms with Gasteiger partial charge < -0.3 is 4.74 Å². The summed E-state index contributed by atoms with van der Waals surface area (Å²) in [5.41, 5.74) is 2.80. The molecule has 1 heterocycles. The summed E-state index contributed by atoms with van der Waals surface area (Å²) in [4.78, 5) is 0. The van der Waals surface area contributed by atoms with E-state index in [9.17, 15) is 0 Å². The standard InChI is InChI=1S/C10H20N2O/c1-2-4-9(12-11)6-7-10-5-3-8-13-10/h2,9-10,12H,1,3-8,11H2. The minimum Gasteiger partial charge on any atom is -0.378 e. The van der Waals surface area contributed by atoms with E-state index < -0.39 is 0 Å². The molecule has 0 aromatic carbocycles. The van der Waals surface area contributed by atoms with Crippen LogP contribution >= 0.6 is 0 Å². The van der Waals surface area contributed by atoms with E-state index in [-0.39, 0.29) is 0 Å². The lowest BCUT2D eigenvalue weighted by atomic mass is 10.0. The number of nitrogens with two attached hydrogens (primary N) is 1. The molecule has 1 fully saturated rings. The van der Waals surface area contributed by atoms with Crippen LogP contribution in [0.2, 0.25) is 0 Å². The Balaban J connectivity index is 2.10. The van der Waals surface area contributed by atoms with E-state index >= 15 is 0 Å². The van der Waals surface area contributed by atoms with Gasteiger partial charge in [0.25, 0.3) is 0 Å². The molecule has 3 heteroatoms. The fraction of sp³-hybridized carbons (Fsp3) is 0.800. The van der Waals surface area contributed by atoms with Gasteiger partial charge in [-0.3, -0.25) is 11.3 Å². The van der Waals surface area contributed by atoms with Crippen molar-refractivity contribution in [2.45, 2.75) is 44.2 Å². The first-order valence-corrected chi connectivity index (χ1v) is 5.05. The SMILES string of the molecule is C=CCC(CCC1CCCO1)NN. The Kier molecular flexibility index (Phi) is 5.05. The Morgan fingerprint density at radius 2 is 2.54 bits per heavy atom. The van der Waals surface area contributed by atoms with Gasteiger partial charge in [0, 0.05) is 12.6 Å². The minimum atomic E-state index is 0.363. The molecule has 0 saturated carbocycles. The van der Waals surface area contributed by atoms with Crippen molar-refractivity contribution in [1.29, 1.82) is 0 Å². The van der Waals surface area contributed by atoms with Crippen molar-refractivity contribution in [2.75, 3.05) is 6.61 Å². The number of hydrogen-bond donors (Lipinski definition) is 2. The number of nitrogens with one attached hydrogen (secondary N) is 1. The molecule has 1 saturated heterocycles. The summed E-state index contributed by atoms with van der Waals surface area (Å²) in [6, 6.07) is 0.363. The lowest BCUT2D eigenvalue weighted by Crippen LogP contribution is -2.35. The fourth-order valence-corrected chi connectivity index (χ4v) is 1.73. The molecular formula is C10H20N2O. The van der Waals surface area contributed by atoms with Gasteiger partial charge in [0.1, 0.15) is 0 Å². The van der Waals surface area contributed by atoms with Crippen LogP contribution in [0.1, 0.15) is 32.1 Å². The van der Waals surface area contributed by atoms with Crippen molar-refractivity contribution in [3.05, 3.63) is 12.7 Å². The Hall–Kier alpha value is -0.380. The Morgan fingerprint density at radius 3 is 3.08 bits per heavy atom. The van der Waals surface area contributed by atoms with Crippen molar-refractivity contribution in [3.63, 3.8) is 0 Å². The highest BCUT2D eigenvalue weighted by molar-refractivity contribution is 4.78.